The third kappa shape index (κ3) is 3.96. The molecule has 4 rings (SSSR count). The maximum absolute atomic E-state index is 12.6. The Balaban J connectivity index is 1.50. The zero-order chi connectivity index (χ0) is 18.5. The van der Waals surface area contributed by atoms with Gasteiger partial charge in [-0.1, -0.05) is 60.7 Å². The molecule has 0 saturated carbocycles. The van der Waals surface area contributed by atoms with Gasteiger partial charge in [-0.2, -0.15) is 0 Å². The van der Waals surface area contributed by atoms with Crippen LogP contribution in [0, 0.1) is 0 Å². The molecular formula is C21H17N3O2S. The summed E-state index contributed by atoms with van der Waals surface area (Å²) in [6, 6.07) is 21.4. The van der Waals surface area contributed by atoms with Crippen molar-refractivity contribution in [1.82, 2.24) is 15.3 Å². The van der Waals surface area contributed by atoms with Crippen LogP contribution in [0.4, 0.5) is 0 Å². The van der Waals surface area contributed by atoms with Gasteiger partial charge in [-0.05, 0) is 22.6 Å². The van der Waals surface area contributed by atoms with Crippen LogP contribution in [-0.2, 0) is 4.79 Å². The first-order valence-corrected chi connectivity index (χ1v) is 9.39. The van der Waals surface area contributed by atoms with Gasteiger partial charge in [-0.3, -0.25) is 4.79 Å². The topological polar surface area (TPSA) is 64.1 Å². The highest BCUT2D eigenvalue weighted by molar-refractivity contribution is 7.16. The molecule has 0 unspecified atom stereocenters. The molecule has 0 atom stereocenters. The molecule has 1 N–H and O–H groups in total. The molecule has 0 bridgehead atoms. The third-order valence-electron chi connectivity index (χ3n) is 4.14. The Labute approximate surface area is 160 Å². The van der Waals surface area contributed by atoms with Crippen molar-refractivity contribution in [1.29, 1.82) is 0 Å². The van der Waals surface area contributed by atoms with Gasteiger partial charge in [0.05, 0.1) is 11.4 Å². The number of fused-ring (bicyclic) bond motifs is 1. The summed E-state index contributed by atoms with van der Waals surface area (Å²) < 4.78 is 5.66. The molecule has 0 fully saturated rings. The number of aromatic nitrogens is 2. The van der Waals surface area contributed by atoms with Crippen molar-refractivity contribution in [3.05, 3.63) is 89.6 Å². The zero-order valence-corrected chi connectivity index (χ0v) is 15.2. The van der Waals surface area contributed by atoms with Gasteiger partial charge in [0.25, 0.3) is 5.91 Å². The highest BCUT2D eigenvalue weighted by Gasteiger charge is 2.17. The Morgan fingerprint density at radius 2 is 1.63 bits per heavy atom. The highest BCUT2D eigenvalue weighted by atomic mass is 32.1. The summed E-state index contributed by atoms with van der Waals surface area (Å²) in [7, 11) is 0. The second-order valence-electron chi connectivity index (χ2n) is 5.93. The lowest BCUT2D eigenvalue weighted by atomic mass is 9.99. The number of hydrogen-bond acceptors (Lipinski definition) is 5. The van der Waals surface area contributed by atoms with E-state index in [0.29, 0.717) is 5.88 Å². The van der Waals surface area contributed by atoms with Crippen LogP contribution >= 0.6 is 11.3 Å². The molecule has 2 aromatic heterocycles. The molecule has 1 amide bonds. The number of hydrogen-bond donors (Lipinski definition) is 1. The number of carbonyl (C=O) groups is 1. The number of rotatable bonds is 6. The molecular weight excluding hydrogens is 358 g/mol. The summed E-state index contributed by atoms with van der Waals surface area (Å²) in [5.74, 6) is 0.210. The molecule has 0 spiro atoms. The lowest BCUT2D eigenvalue weighted by molar-refractivity contribution is -0.123. The fraction of sp³-hybridized carbons (Fsp3) is 0.0952. The summed E-state index contributed by atoms with van der Waals surface area (Å²) in [6.07, 6.45) is 1.45. The lowest BCUT2D eigenvalue weighted by Gasteiger charge is -2.20. The van der Waals surface area contributed by atoms with E-state index >= 15 is 0 Å². The Kier molecular flexibility index (Phi) is 5.07. The zero-order valence-electron chi connectivity index (χ0n) is 14.4. The standard InChI is InChI=1S/C21H17N3O2S/c25-18(13-26-20-17-11-12-27-21(17)23-14-22-20)24-19(15-7-3-1-4-8-15)16-9-5-2-6-10-16/h1-12,14,19H,13H2,(H,24,25). The van der Waals surface area contributed by atoms with E-state index in [1.807, 2.05) is 72.1 Å². The van der Waals surface area contributed by atoms with E-state index in [9.17, 15) is 4.79 Å². The quantitative estimate of drug-likeness (QED) is 0.554. The predicted octanol–water partition coefficient (Wildman–Crippen LogP) is 3.98. The first-order valence-electron chi connectivity index (χ1n) is 8.51. The molecule has 0 aliphatic heterocycles. The maximum atomic E-state index is 12.6. The van der Waals surface area contributed by atoms with Gasteiger partial charge in [0.2, 0.25) is 5.88 Å². The summed E-state index contributed by atoms with van der Waals surface area (Å²) in [5, 5.41) is 5.80. The average molecular weight is 375 g/mol. The van der Waals surface area contributed by atoms with Gasteiger partial charge in [0, 0.05) is 0 Å². The molecule has 0 aliphatic carbocycles. The number of carbonyl (C=O) groups excluding carboxylic acids is 1. The minimum atomic E-state index is -0.241. The fourth-order valence-electron chi connectivity index (χ4n) is 2.87. The average Bonchev–Trinajstić information content (AvgIpc) is 3.21. The molecule has 6 heteroatoms. The second-order valence-corrected chi connectivity index (χ2v) is 6.82. The molecule has 2 aromatic carbocycles. The molecule has 5 nitrogen and oxygen atoms in total. The highest BCUT2D eigenvalue weighted by Crippen LogP contribution is 2.25. The van der Waals surface area contributed by atoms with Crippen LogP contribution in [0.5, 0.6) is 5.88 Å². The number of thiophene rings is 1. The maximum Gasteiger partial charge on any atom is 0.258 e. The van der Waals surface area contributed by atoms with Crippen molar-refractivity contribution in [3.8, 4) is 5.88 Å². The number of nitrogens with zero attached hydrogens (tertiary/aromatic N) is 2. The van der Waals surface area contributed by atoms with Crippen LogP contribution in [0.1, 0.15) is 17.2 Å². The van der Waals surface area contributed by atoms with Crippen LogP contribution < -0.4 is 10.1 Å². The van der Waals surface area contributed by atoms with Crippen LogP contribution in [-0.4, -0.2) is 22.5 Å². The van der Waals surface area contributed by atoms with Gasteiger partial charge >= 0.3 is 0 Å². The van der Waals surface area contributed by atoms with Crippen molar-refractivity contribution in [2.75, 3.05) is 6.61 Å². The summed E-state index contributed by atoms with van der Waals surface area (Å²) >= 11 is 1.51. The van der Waals surface area contributed by atoms with E-state index in [1.54, 1.807) is 0 Å². The molecule has 134 valence electrons. The lowest BCUT2D eigenvalue weighted by Crippen LogP contribution is -2.33. The Morgan fingerprint density at radius 3 is 2.30 bits per heavy atom. The van der Waals surface area contributed by atoms with Crippen LogP contribution in [0.25, 0.3) is 10.2 Å². The van der Waals surface area contributed by atoms with E-state index in [2.05, 4.69) is 15.3 Å². The smallest absolute Gasteiger partial charge is 0.258 e. The number of amides is 1. The monoisotopic (exact) mass is 375 g/mol. The number of benzene rings is 2. The fourth-order valence-corrected chi connectivity index (χ4v) is 3.59. The Hall–Kier alpha value is -3.25. The van der Waals surface area contributed by atoms with Crippen molar-refractivity contribution in [3.63, 3.8) is 0 Å². The van der Waals surface area contributed by atoms with Crippen LogP contribution in [0.3, 0.4) is 0 Å². The van der Waals surface area contributed by atoms with E-state index in [-0.39, 0.29) is 18.6 Å². The normalized spacial score (nSPS) is 10.9. The number of ether oxygens (including phenoxy) is 1. The van der Waals surface area contributed by atoms with Gasteiger partial charge in [0.15, 0.2) is 6.61 Å². The summed E-state index contributed by atoms with van der Waals surface area (Å²) in [6.45, 7) is -0.113. The second kappa shape index (κ2) is 7.97. The van der Waals surface area contributed by atoms with E-state index in [4.69, 9.17) is 4.74 Å². The van der Waals surface area contributed by atoms with E-state index < -0.39 is 0 Å². The Bertz CT molecular complexity index is 995. The van der Waals surface area contributed by atoms with Crippen molar-refractivity contribution < 1.29 is 9.53 Å². The minimum absolute atomic E-state index is 0.113. The van der Waals surface area contributed by atoms with Gasteiger partial charge in [0.1, 0.15) is 11.2 Å². The van der Waals surface area contributed by atoms with Crippen molar-refractivity contribution in [2.24, 2.45) is 0 Å². The molecule has 0 saturated heterocycles. The van der Waals surface area contributed by atoms with Gasteiger partial charge < -0.3 is 10.1 Å². The minimum Gasteiger partial charge on any atom is -0.467 e. The van der Waals surface area contributed by atoms with Crippen LogP contribution in [0.2, 0.25) is 0 Å². The van der Waals surface area contributed by atoms with Crippen molar-refractivity contribution >= 4 is 27.5 Å². The molecule has 4 aromatic rings. The Morgan fingerprint density at radius 1 is 0.963 bits per heavy atom. The van der Waals surface area contributed by atoms with Crippen LogP contribution in [0.15, 0.2) is 78.4 Å². The van der Waals surface area contributed by atoms with E-state index in [1.165, 1.54) is 17.7 Å². The largest absolute Gasteiger partial charge is 0.467 e. The first kappa shape index (κ1) is 17.2. The summed E-state index contributed by atoms with van der Waals surface area (Å²) in [4.78, 5) is 21.7. The molecule has 0 aliphatic rings. The van der Waals surface area contributed by atoms with Gasteiger partial charge in [-0.15, -0.1) is 11.3 Å². The molecule has 0 radical (unpaired) electrons. The molecule has 27 heavy (non-hydrogen) atoms. The predicted molar refractivity (Wildman–Crippen MR) is 106 cm³/mol. The SMILES string of the molecule is O=C(COc1ncnc2sccc12)NC(c1ccccc1)c1ccccc1. The summed E-state index contributed by atoms with van der Waals surface area (Å²) in [5.41, 5.74) is 2.03. The number of nitrogens with one attached hydrogen (secondary N) is 1. The molecule has 2 heterocycles. The van der Waals surface area contributed by atoms with E-state index in [0.717, 1.165) is 21.3 Å². The van der Waals surface area contributed by atoms with Gasteiger partial charge in [-0.25, -0.2) is 9.97 Å². The first-order chi connectivity index (χ1) is 13.3. The third-order valence-corrected chi connectivity index (χ3v) is 4.96. The van der Waals surface area contributed by atoms with Crippen molar-refractivity contribution in [2.45, 2.75) is 6.04 Å².